The normalized spacial score (nSPS) is 15.6. The smallest absolute Gasteiger partial charge is 0.194 e. The molecule has 3 aromatic rings. The van der Waals surface area contributed by atoms with Gasteiger partial charge in [-0.2, -0.15) is 0 Å². The fraction of sp³-hybridized carbons (Fsp3) is 0.185. The number of carbonyl (C=O) groups excluding carboxylic acids is 2. The fourth-order valence-electron chi connectivity index (χ4n) is 4.07. The molecule has 4 nitrogen and oxygen atoms in total. The van der Waals surface area contributed by atoms with Crippen LogP contribution in [0.2, 0.25) is 0 Å². The molecule has 0 atom stereocenters. The lowest BCUT2D eigenvalue weighted by atomic mass is 9.83. The number of hydrogen-bond donors (Lipinski definition) is 0. The quantitative estimate of drug-likeness (QED) is 0.414. The monoisotopic (exact) mass is 411 g/mol. The number of para-hydroxylation sites is 1. The van der Waals surface area contributed by atoms with Crippen molar-refractivity contribution in [2.24, 2.45) is 0 Å². The van der Waals surface area contributed by atoms with Crippen molar-refractivity contribution in [3.63, 3.8) is 0 Å². The Hall–Kier alpha value is -3.66. The van der Waals surface area contributed by atoms with Gasteiger partial charge in [-0.15, -0.1) is 0 Å². The Balaban J connectivity index is 1.42. The van der Waals surface area contributed by atoms with Gasteiger partial charge in [-0.3, -0.25) is 9.59 Å². The Kier molecular flexibility index (Phi) is 5.47. The standard InChI is InChI=1S/C27H25NO3/c1-27(2)23-11-7-8-12-24(23)28(3)25(27)17-21(29)18-31-22-15-13-20(14-16-22)26(30)19-9-5-4-6-10-19/h4-17H,18H2,1-3H3/b25-17-. The molecule has 0 saturated heterocycles. The number of benzene rings is 3. The zero-order valence-corrected chi connectivity index (χ0v) is 18.0. The zero-order valence-electron chi connectivity index (χ0n) is 18.0. The second kappa shape index (κ2) is 8.23. The minimum Gasteiger partial charge on any atom is -0.485 e. The van der Waals surface area contributed by atoms with Gasteiger partial charge in [-0.25, -0.2) is 0 Å². The molecule has 0 saturated carbocycles. The molecule has 0 amide bonds. The van der Waals surface area contributed by atoms with Crippen molar-refractivity contribution in [2.75, 3.05) is 18.6 Å². The Morgan fingerprint density at radius 3 is 2.16 bits per heavy atom. The highest BCUT2D eigenvalue weighted by Crippen LogP contribution is 2.46. The van der Waals surface area contributed by atoms with Crippen LogP contribution in [0.4, 0.5) is 5.69 Å². The molecule has 1 aliphatic rings. The van der Waals surface area contributed by atoms with Crippen LogP contribution in [0.5, 0.6) is 5.75 Å². The van der Waals surface area contributed by atoms with Crippen LogP contribution in [0.25, 0.3) is 0 Å². The van der Waals surface area contributed by atoms with Crippen molar-refractivity contribution in [1.82, 2.24) is 0 Å². The van der Waals surface area contributed by atoms with E-state index in [1.807, 2.05) is 37.4 Å². The summed E-state index contributed by atoms with van der Waals surface area (Å²) < 4.78 is 5.68. The van der Waals surface area contributed by atoms with Gasteiger partial charge in [0.1, 0.15) is 5.75 Å². The third-order valence-electron chi connectivity index (χ3n) is 5.77. The van der Waals surface area contributed by atoms with Crippen molar-refractivity contribution >= 4 is 17.3 Å². The highest BCUT2D eigenvalue weighted by Gasteiger charge is 2.38. The van der Waals surface area contributed by atoms with Crippen LogP contribution in [-0.4, -0.2) is 25.2 Å². The molecule has 0 unspecified atom stereocenters. The first-order chi connectivity index (χ1) is 14.9. The number of nitrogens with zero attached hydrogens (tertiary/aromatic N) is 1. The highest BCUT2D eigenvalue weighted by atomic mass is 16.5. The van der Waals surface area contributed by atoms with E-state index in [1.54, 1.807) is 42.5 Å². The zero-order chi connectivity index (χ0) is 22.0. The van der Waals surface area contributed by atoms with Gasteiger partial charge in [-0.1, -0.05) is 62.4 Å². The average Bonchev–Trinajstić information content (AvgIpc) is 2.99. The summed E-state index contributed by atoms with van der Waals surface area (Å²) in [6, 6.07) is 24.2. The van der Waals surface area contributed by atoms with E-state index in [-0.39, 0.29) is 23.6 Å². The Bertz CT molecular complexity index is 1140. The lowest BCUT2D eigenvalue weighted by Gasteiger charge is -2.23. The predicted molar refractivity (Wildman–Crippen MR) is 123 cm³/mol. The molecule has 0 spiro atoms. The second-order valence-electron chi connectivity index (χ2n) is 8.21. The summed E-state index contributed by atoms with van der Waals surface area (Å²) in [5.74, 6) is 0.407. The summed E-state index contributed by atoms with van der Waals surface area (Å²) in [6.07, 6.45) is 1.67. The first kappa shape index (κ1) is 20.6. The number of anilines is 1. The van der Waals surface area contributed by atoms with Gasteiger partial charge in [-0.05, 0) is 35.9 Å². The van der Waals surface area contributed by atoms with E-state index in [0.29, 0.717) is 16.9 Å². The van der Waals surface area contributed by atoms with E-state index in [9.17, 15) is 9.59 Å². The van der Waals surface area contributed by atoms with E-state index in [2.05, 4.69) is 30.9 Å². The van der Waals surface area contributed by atoms with Gasteiger partial charge in [0.25, 0.3) is 0 Å². The molecule has 1 aliphatic heterocycles. The molecule has 4 heteroatoms. The van der Waals surface area contributed by atoms with Crippen molar-refractivity contribution < 1.29 is 14.3 Å². The van der Waals surface area contributed by atoms with Crippen LogP contribution in [0.15, 0.2) is 90.6 Å². The topological polar surface area (TPSA) is 46.6 Å². The Morgan fingerprint density at radius 2 is 1.48 bits per heavy atom. The summed E-state index contributed by atoms with van der Waals surface area (Å²) in [5.41, 5.74) is 4.25. The van der Waals surface area contributed by atoms with Crippen molar-refractivity contribution in [1.29, 1.82) is 0 Å². The summed E-state index contributed by atoms with van der Waals surface area (Å²) in [4.78, 5) is 27.2. The maximum atomic E-state index is 12.6. The molecule has 0 N–H and O–H groups in total. The van der Waals surface area contributed by atoms with Crippen LogP contribution >= 0.6 is 0 Å². The highest BCUT2D eigenvalue weighted by molar-refractivity contribution is 6.09. The van der Waals surface area contributed by atoms with Crippen molar-refractivity contribution in [2.45, 2.75) is 19.3 Å². The number of ether oxygens (including phenoxy) is 1. The summed E-state index contributed by atoms with van der Waals surface area (Å²) in [5, 5.41) is 0. The SMILES string of the molecule is CN1/C(=C\C(=O)COc2ccc(C(=O)c3ccccc3)cc2)C(C)(C)c2ccccc21. The van der Waals surface area contributed by atoms with E-state index in [0.717, 1.165) is 11.4 Å². The molecular weight excluding hydrogens is 386 g/mol. The minimum absolute atomic E-state index is 0.0426. The third-order valence-corrected chi connectivity index (χ3v) is 5.77. The fourth-order valence-corrected chi connectivity index (χ4v) is 4.07. The van der Waals surface area contributed by atoms with Gasteiger partial charge in [0.15, 0.2) is 18.2 Å². The Labute approximate surface area is 182 Å². The molecular formula is C27H25NO3. The maximum Gasteiger partial charge on any atom is 0.194 e. The largest absolute Gasteiger partial charge is 0.485 e. The lowest BCUT2D eigenvalue weighted by molar-refractivity contribution is -0.116. The number of likely N-dealkylation sites (N-methyl/N-ethyl adjacent to an activating group) is 1. The number of hydrogen-bond acceptors (Lipinski definition) is 4. The van der Waals surface area contributed by atoms with Gasteiger partial charge in [0.2, 0.25) is 0 Å². The molecule has 0 aromatic heterocycles. The van der Waals surface area contributed by atoms with Crippen LogP contribution < -0.4 is 9.64 Å². The summed E-state index contributed by atoms with van der Waals surface area (Å²) >= 11 is 0. The van der Waals surface area contributed by atoms with E-state index in [4.69, 9.17) is 4.74 Å². The number of carbonyl (C=O) groups is 2. The van der Waals surface area contributed by atoms with E-state index >= 15 is 0 Å². The van der Waals surface area contributed by atoms with Crippen LogP contribution in [0.3, 0.4) is 0 Å². The Morgan fingerprint density at radius 1 is 0.871 bits per heavy atom. The molecule has 0 bridgehead atoms. The van der Waals surface area contributed by atoms with Crippen LogP contribution in [0, 0.1) is 0 Å². The van der Waals surface area contributed by atoms with Crippen LogP contribution in [-0.2, 0) is 10.2 Å². The second-order valence-corrected chi connectivity index (χ2v) is 8.21. The molecule has 0 aliphatic carbocycles. The molecule has 3 aromatic carbocycles. The van der Waals surface area contributed by atoms with E-state index < -0.39 is 0 Å². The summed E-state index contributed by atoms with van der Waals surface area (Å²) in [6.45, 7) is 4.19. The van der Waals surface area contributed by atoms with Gasteiger partial charge < -0.3 is 9.64 Å². The lowest BCUT2D eigenvalue weighted by Crippen LogP contribution is -2.25. The number of allylic oxidation sites excluding steroid dienone is 1. The van der Waals surface area contributed by atoms with Gasteiger partial charge in [0, 0.05) is 41.1 Å². The molecule has 0 fully saturated rings. The van der Waals surface area contributed by atoms with E-state index in [1.165, 1.54) is 5.56 Å². The predicted octanol–water partition coefficient (Wildman–Crippen LogP) is 5.18. The number of rotatable bonds is 6. The van der Waals surface area contributed by atoms with Gasteiger partial charge >= 0.3 is 0 Å². The molecule has 31 heavy (non-hydrogen) atoms. The molecule has 4 rings (SSSR count). The molecule has 1 heterocycles. The number of fused-ring (bicyclic) bond motifs is 1. The minimum atomic E-state index is -0.250. The molecule has 156 valence electrons. The van der Waals surface area contributed by atoms with Crippen LogP contribution in [0.1, 0.15) is 35.3 Å². The average molecular weight is 412 g/mol. The van der Waals surface area contributed by atoms with Crippen molar-refractivity contribution in [3.8, 4) is 5.75 Å². The maximum absolute atomic E-state index is 12.6. The first-order valence-corrected chi connectivity index (χ1v) is 10.3. The third kappa shape index (κ3) is 4.02. The van der Waals surface area contributed by atoms with Gasteiger partial charge in [0.05, 0.1) is 0 Å². The molecule has 0 radical (unpaired) electrons. The first-order valence-electron chi connectivity index (χ1n) is 10.3. The van der Waals surface area contributed by atoms with Crippen molar-refractivity contribution in [3.05, 3.63) is 107 Å². The summed E-state index contributed by atoms with van der Waals surface area (Å²) in [7, 11) is 1.98. The number of ketones is 2.